The highest BCUT2D eigenvalue weighted by atomic mass is 16.1. The molecule has 1 atom stereocenters. The van der Waals surface area contributed by atoms with Crippen LogP contribution < -0.4 is 16.8 Å². The monoisotopic (exact) mass is 194 g/mol. The number of anilines is 1. The Balaban J connectivity index is 2.69. The van der Waals surface area contributed by atoms with E-state index >= 15 is 0 Å². The summed E-state index contributed by atoms with van der Waals surface area (Å²) in [5.74, 6) is -0.533. The molecule has 0 saturated carbocycles. The number of carbonyl (C=O) groups is 1. The van der Waals surface area contributed by atoms with Gasteiger partial charge in [-0.1, -0.05) is 0 Å². The molecule has 0 aliphatic carbocycles. The largest absolute Gasteiger partial charge is 0.383 e. The molecule has 1 rings (SSSR count). The number of carbonyl (C=O) groups excluding carboxylic acids is 1. The van der Waals surface area contributed by atoms with Crippen molar-refractivity contribution < 1.29 is 4.79 Å². The lowest BCUT2D eigenvalue weighted by atomic mass is 10.3. The molecular formula is C9H14N4O. The Morgan fingerprint density at radius 2 is 2.43 bits per heavy atom. The molecule has 5 heteroatoms. The van der Waals surface area contributed by atoms with E-state index in [-0.39, 0.29) is 11.7 Å². The van der Waals surface area contributed by atoms with Crippen LogP contribution in [-0.4, -0.2) is 23.5 Å². The fourth-order valence-corrected chi connectivity index (χ4v) is 0.954. The average molecular weight is 194 g/mol. The van der Waals surface area contributed by atoms with E-state index in [1.807, 2.05) is 6.92 Å². The van der Waals surface area contributed by atoms with Crippen LogP contribution >= 0.6 is 0 Å². The Labute approximate surface area is 82.5 Å². The van der Waals surface area contributed by atoms with Gasteiger partial charge < -0.3 is 16.8 Å². The maximum absolute atomic E-state index is 10.8. The lowest BCUT2D eigenvalue weighted by Crippen LogP contribution is -2.25. The van der Waals surface area contributed by atoms with E-state index in [9.17, 15) is 4.79 Å². The van der Waals surface area contributed by atoms with Gasteiger partial charge in [-0.25, -0.2) is 0 Å². The molecule has 0 fully saturated rings. The first-order valence-corrected chi connectivity index (χ1v) is 4.35. The van der Waals surface area contributed by atoms with Gasteiger partial charge in [0, 0.05) is 24.5 Å². The third-order valence-electron chi connectivity index (χ3n) is 1.64. The lowest BCUT2D eigenvalue weighted by Gasteiger charge is -2.08. The second-order valence-electron chi connectivity index (χ2n) is 3.15. The van der Waals surface area contributed by atoms with Crippen LogP contribution in [0.5, 0.6) is 0 Å². The van der Waals surface area contributed by atoms with Crippen molar-refractivity contribution >= 4 is 11.6 Å². The number of nitrogens with two attached hydrogens (primary N) is 2. The highest BCUT2D eigenvalue weighted by Gasteiger charge is 2.02. The van der Waals surface area contributed by atoms with Gasteiger partial charge >= 0.3 is 0 Å². The molecule has 0 aromatic carbocycles. The van der Waals surface area contributed by atoms with Crippen LogP contribution in [0.25, 0.3) is 0 Å². The molecule has 1 unspecified atom stereocenters. The van der Waals surface area contributed by atoms with E-state index in [1.54, 1.807) is 12.1 Å². The Morgan fingerprint density at radius 3 is 3.00 bits per heavy atom. The maximum Gasteiger partial charge on any atom is 0.267 e. The zero-order chi connectivity index (χ0) is 10.6. The van der Waals surface area contributed by atoms with Crippen molar-refractivity contribution in [1.29, 1.82) is 0 Å². The summed E-state index contributed by atoms with van der Waals surface area (Å²) in [4.78, 5) is 14.6. The van der Waals surface area contributed by atoms with Crippen LogP contribution in [0.3, 0.4) is 0 Å². The highest BCUT2D eigenvalue weighted by molar-refractivity contribution is 5.91. The van der Waals surface area contributed by atoms with Crippen LogP contribution in [0.15, 0.2) is 18.3 Å². The Morgan fingerprint density at radius 1 is 1.71 bits per heavy atom. The molecule has 0 bridgehead atoms. The Kier molecular flexibility index (Phi) is 3.41. The standard InChI is InChI=1S/C9H14N4O/c1-6(10)5-13-7-2-3-12-8(4-7)9(11)14/h2-4,6H,5,10H2,1H3,(H2,11,14)(H,12,13). The van der Waals surface area contributed by atoms with Crippen LogP contribution in [0.4, 0.5) is 5.69 Å². The van der Waals surface area contributed by atoms with Crippen molar-refractivity contribution in [2.45, 2.75) is 13.0 Å². The third-order valence-corrected chi connectivity index (χ3v) is 1.64. The van der Waals surface area contributed by atoms with E-state index < -0.39 is 5.91 Å². The van der Waals surface area contributed by atoms with Crippen molar-refractivity contribution in [3.05, 3.63) is 24.0 Å². The molecule has 0 spiro atoms. The average Bonchev–Trinajstić information content (AvgIpc) is 2.15. The maximum atomic E-state index is 10.8. The molecule has 14 heavy (non-hydrogen) atoms. The molecule has 5 N–H and O–H groups in total. The van der Waals surface area contributed by atoms with Gasteiger partial charge in [0.05, 0.1) is 0 Å². The predicted octanol–water partition coefficient (Wildman–Crippen LogP) is -0.0604. The fraction of sp³-hybridized carbons (Fsp3) is 0.333. The fourth-order valence-electron chi connectivity index (χ4n) is 0.954. The number of primary amides is 1. The minimum absolute atomic E-state index is 0.0557. The summed E-state index contributed by atoms with van der Waals surface area (Å²) in [7, 11) is 0. The summed E-state index contributed by atoms with van der Waals surface area (Å²) >= 11 is 0. The lowest BCUT2D eigenvalue weighted by molar-refractivity contribution is 0.0995. The number of rotatable bonds is 4. The van der Waals surface area contributed by atoms with Gasteiger partial charge in [-0.3, -0.25) is 9.78 Å². The molecule has 1 amide bonds. The molecule has 1 heterocycles. The molecule has 1 aromatic rings. The third kappa shape index (κ3) is 3.02. The number of aromatic nitrogens is 1. The van der Waals surface area contributed by atoms with Gasteiger partial charge in [-0.2, -0.15) is 0 Å². The van der Waals surface area contributed by atoms with Crippen molar-refractivity contribution in [1.82, 2.24) is 4.98 Å². The van der Waals surface area contributed by atoms with Crippen molar-refractivity contribution in [2.24, 2.45) is 11.5 Å². The minimum atomic E-state index is -0.533. The molecule has 0 saturated heterocycles. The van der Waals surface area contributed by atoms with Crippen LogP contribution in [0.1, 0.15) is 17.4 Å². The molecular weight excluding hydrogens is 180 g/mol. The molecule has 76 valence electrons. The van der Waals surface area contributed by atoms with E-state index in [0.717, 1.165) is 5.69 Å². The zero-order valence-electron chi connectivity index (χ0n) is 8.03. The molecule has 5 nitrogen and oxygen atoms in total. The van der Waals surface area contributed by atoms with Gasteiger partial charge in [0.1, 0.15) is 5.69 Å². The van der Waals surface area contributed by atoms with E-state index in [4.69, 9.17) is 11.5 Å². The van der Waals surface area contributed by atoms with Gasteiger partial charge in [0.15, 0.2) is 0 Å². The molecule has 0 radical (unpaired) electrons. The topological polar surface area (TPSA) is 94.0 Å². The summed E-state index contributed by atoms with van der Waals surface area (Å²) in [6.07, 6.45) is 1.53. The SMILES string of the molecule is CC(N)CNc1ccnc(C(N)=O)c1. The quantitative estimate of drug-likeness (QED) is 0.625. The second-order valence-corrected chi connectivity index (χ2v) is 3.15. The van der Waals surface area contributed by atoms with Crippen molar-refractivity contribution in [3.8, 4) is 0 Å². The Hall–Kier alpha value is -1.62. The summed E-state index contributed by atoms with van der Waals surface area (Å²) < 4.78 is 0. The summed E-state index contributed by atoms with van der Waals surface area (Å²) in [5, 5.41) is 3.07. The van der Waals surface area contributed by atoms with Gasteiger partial charge in [0.25, 0.3) is 5.91 Å². The molecule has 0 aliphatic rings. The number of hydrogen-bond acceptors (Lipinski definition) is 4. The summed E-state index contributed by atoms with van der Waals surface area (Å²) in [5.41, 5.74) is 11.7. The van der Waals surface area contributed by atoms with Crippen LogP contribution in [0, 0.1) is 0 Å². The zero-order valence-corrected chi connectivity index (χ0v) is 8.03. The van der Waals surface area contributed by atoms with Crippen LogP contribution in [-0.2, 0) is 0 Å². The summed E-state index contributed by atoms with van der Waals surface area (Å²) in [6, 6.07) is 3.42. The predicted molar refractivity (Wildman–Crippen MR) is 54.9 cm³/mol. The number of hydrogen-bond donors (Lipinski definition) is 3. The smallest absolute Gasteiger partial charge is 0.267 e. The first-order chi connectivity index (χ1) is 6.59. The van der Waals surface area contributed by atoms with Crippen molar-refractivity contribution in [2.75, 3.05) is 11.9 Å². The van der Waals surface area contributed by atoms with E-state index in [2.05, 4.69) is 10.3 Å². The van der Waals surface area contributed by atoms with Gasteiger partial charge in [0.2, 0.25) is 0 Å². The van der Waals surface area contributed by atoms with E-state index in [0.29, 0.717) is 6.54 Å². The Bertz CT molecular complexity index is 324. The number of nitrogens with zero attached hydrogens (tertiary/aromatic N) is 1. The van der Waals surface area contributed by atoms with Gasteiger partial charge in [-0.15, -0.1) is 0 Å². The molecule has 0 aliphatic heterocycles. The number of nitrogens with one attached hydrogen (secondary N) is 1. The first-order valence-electron chi connectivity index (χ1n) is 4.35. The van der Waals surface area contributed by atoms with Crippen LogP contribution in [0.2, 0.25) is 0 Å². The molecule has 1 aromatic heterocycles. The van der Waals surface area contributed by atoms with Gasteiger partial charge in [-0.05, 0) is 19.1 Å². The first kappa shape index (κ1) is 10.5. The van der Waals surface area contributed by atoms with Crippen molar-refractivity contribution in [3.63, 3.8) is 0 Å². The minimum Gasteiger partial charge on any atom is -0.383 e. The highest BCUT2D eigenvalue weighted by Crippen LogP contribution is 2.06. The number of amides is 1. The normalized spacial score (nSPS) is 12.1. The summed E-state index contributed by atoms with van der Waals surface area (Å²) in [6.45, 7) is 2.53. The van der Waals surface area contributed by atoms with E-state index in [1.165, 1.54) is 6.20 Å². The second kappa shape index (κ2) is 4.57. The number of pyridine rings is 1.